The third-order valence-electron chi connectivity index (χ3n) is 4.30. The summed E-state index contributed by atoms with van der Waals surface area (Å²) in [4.78, 5) is 14.9. The van der Waals surface area contributed by atoms with Gasteiger partial charge in [0.05, 0.1) is 11.9 Å². The molecule has 5 nitrogen and oxygen atoms in total. The Balaban J connectivity index is 1.87. The summed E-state index contributed by atoms with van der Waals surface area (Å²) in [5.74, 6) is 0.818. The van der Waals surface area contributed by atoms with Crippen LogP contribution in [0.5, 0.6) is 0 Å². The molecule has 0 bridgehead atoms. The highest BCUT2D eigenvalue weighted by Crippen LogP contribution is 2.26. The molecule has 6 heteroatoms. The molecule has 1 aromatic carbocycles. The van der Waals surface area contributed by atoms with Crippen molar-refractivity contribution in [3.8, 4) is 11.5 Å². The number of benzene rings is 1. The molecule has 2 aromatic heterocycles. The lowest BCUT2D eigenvalue weighted by Crippen LogP contribution is -2.28. The van der Waals surface area contributed by atoms with Crippen LogP contribution in [-0.2, 0) is 0 Å². The first kappa shape index (κ1) is 15.2. The van der Waals surface area contributed by atoms with Crippen molar-refractivity contribution < 1.29 is 4.79 Å². The first-order valence-corrected chi connectivity index (χ1v) is 8.80. The van der Waals surface area contributed by atoms with Crippen LogP contribution < -0.4 is 0 Å². The summed E-state index contributed by atoms with van der Waals surface area (Å²) in [5, 5.41) is 4.51. The fourth-order valence-electron chi connectivity index (χ4n) is 3.11. The van der Waals surface area contributed by atoms with Crippen LogP contribution in [0.2, 0.25) is 0 Å². The Hall–Kier alpha value is -2.34. The van der Waals surface area contributed by atoms with Gasteiger partial charge < -0.3 is 9.47 Å². The number of amides is 1. The average molecular weight is 385 g/mol. The standard InChI is InChI=1S/C18H17BrN4O/c19-15-7-1-2-8-16(15)23-17(21-9-3-4-10-21)14(13-20-23)18(24)22-11-5-6-12-22/h1-4,7-10,13H,5-6,11-12H2. The van der Waals surface area contributed by atoms with E-state index in [4.69, 9.17) is 0 Å². The van der Waals surface area contributed by atoms with Crippen molar-refractivity contribution in [2.24, 2.45) is 0 Å². The van der Waals surface area contributed by atoms with Gasteiger partial charge in [0.25, 0.3) is 5.91 Å². The number of aromatic nitrogens is 3. The molecule has 4 rings (SSSR count). The zero-order chi connectivity index (χ0) is 16.5. The van der Waals surface area contributed by atoms with Gasteiger partial charge >= 0.3 is 0 Å². The Morgan fingerprint density at radius 2 is 1.75 bits per heavy atom. The molecule has 1 amide bonds. The molecule has 0 atom stereocenters. The lowest BCUT2D eigenvalue weighted by Gasteiger charge is -2.16. The fourth-order valence-corrected chi connectivity index (χ4v) is 3.56. The molecule has 0 aliphatic carbocycles. The molecular weight excluding hydrogens is 368 g/mol. The third-order valence-corrected chi connectivity index (χ3v) is 4.97. The second-order valence-electron chi connectivity index (χ2n) is 5.83. The van der Waals surface area contributed by atoms with Crippen molar-refractivity contribution in [2.45, 2.75) is 12.8 Å². The second kappa shape index (κ2) is 6.28. The first-order chi connectivity index (χ1) is 11.8. The van der Waals surface area contributed by atoms with Crippen LogP contribution in [0, 0.1) is 0 Å². The van der Waals surface area contributed by atoms with Gasteiger partial charge in [-0.25, -0.2) is 4.68 Å². The summed E-state index contributed by atoms with van der Waals surface area (Å²) in [6.45, 7) is 1.65. The number of hydrogen-bond acceptors (Lipinski definition) is 2. The van der Waals surface area contributed by atoms with Gasteiger partial charge in [0.2, 0.25) is 0 Å². The molecule has 3 aromatic rings. The Labute approximate surface area is 148 Å². The van der Waals surface area contributed by atoms with Gasteiger partial charge in [0, 0.05) is 30.0 Å². The molecule has 1 fully saturated rings. The number of likely N-dealkylation sites (tertiary alicyclic amines) is 1. The van der Waals surface area contributed by atoms with Crippen molar-refractivity contribution in [3.05, 3.63) is 65.0 Å². The van der Waals surface area contributed by atoms with E-state index in [0.717, 1.165) is 41.9 Å². The minimum atomic E-state index is 0.0505. The monoisotopic (exact) mass is 384 g/mol. The van der Waals surface area contributed by atoms with Crippen LogP contribution in [0.25, 0.3) is 11.5 Å². The summed E-state index contributed by atoms with van der Waals surface area (Å²) in [6.07, 6.45) is 7.69. The molecular formula is C18H17BrN4O. The molecule has 0 radical (unpaired) electrons. The normalized spacial score (nSPS) is 14.3. The van der Waals surface area contributed by atoms with Crippen LogP contribution in [0.15, 0.2) is 59.5 Å². The van der Waals surface area contributed by atoms with Gasteiger partial charge in [0.15, 0.2) is 5.82 Å². The number of carbonyl (C=O) groups is 1. The molecule has 0 spiro atoms. The fraction of sp³-hybridized carbons (Fsp3) is 0.222. The van der Waals surface area contributed by atoms with Crippen molar-refractivity contribution >= 4 is 21.8 Å². The SMILES string of the molecule is O=C(c1cnn(-c2ccccc2Br)c1-n1cccc1)N1CCCC1. The van der Waals surface area contributed by atoms with Crippen LogP contribution in [0.3, 0.4) is 0 Å². The van der Waals surface area contributed by atoms with Crippen LogP contribution in [-0.4, -0.2) is 38.2 Å². The highest BCUT2D eigenvalue weighted by Gasteiger charge is 2.26. The van der Waals surface area contributed by atoms with E-state index in [0.29, 0.717) is 5.56 Å². The predicted octanol–water partition coefficient (Wildman–Crippen LogP) is 3.66. The minimum Gasteiger partial charge on any atom is -0.338 e. The Morgan fingerprint density at radius 3 is 2.46 bits per heavy atom. The predicted molar refractivity (Wildman–Crippen MR) is 95.7 cm³/mol. The van der Waals surface area contributed by atoms with E-state index >= 15 is 0 Å². The van der Waals surface area contributed by atoms with Crippen molar-refractivity contribution in [1.82, 2.24) is 19.2 Å². The Bertz CT molecular complexity index is 863. The maximum absolute atomic E-state index is 12.9. The number of para-hydroxylation sites is 1. The van der Waals surface area contributed by atoms with Crippen LogP contribution in [0.4, 0.5) is 0 Å². The second-order valence-corrected chi connectivity index (χ2v) is 6.69. The summed E-state index contributed by atoms with van der Waals surface area (Å²) in [6, 6.07) is 11.8. The van der Waals surface area contributed by atoms with Gasteiger partial charge in [0.1, 0.15) is 5.56 Å². The summed E-state index contributed by atoms with van der Waals surface area (Å²) < 4.78 is 4.69. The summed E-state index contributed by atoms with van der Waals surface area (Å²) >= 11 is 3.58. The summed E-state index contributed by atoms with van der Waals surface area (Å²) in [5.41, 5.74) is 1.53. The number of carbonyl (C=O) groups excluding carboxylic acids is 1. The zero-order valence-corrected chi connectivity index (χ0v) is 14.7. The number of halogens is 1. The maximum Gasteiger partial charge on any atom is 0.259 e. The molecule has 122 valence electrons. The van der Waals surface area contributed by atoms with E-state index in [9.17, 15) is 4.79 Å². The van der Waals surface area contributed by atoms with Crippen molar-refractivity contribution in [1.29, 1.82) is 0 Å². The maximum atomic E-state index is 12.9. The van der Waals surface area contributed by atoms with E-state index < -0.39 is 0 Å². The Morgan fingerprint density at radius 1 is 1.04 bits per heavy atom. The van der Waals surface area contributed by atoms with E-state index in [1.165, 1.54) is 0 Å². The largest absolute Gasteiger partial charge is 0.338 e. The van der Waals surface area contributed by atoms with Crippen molar-refractivity contribution in [2.75, 3.05) is 13.1 Å². The van der Waals surface area contributed by atoms with Crippen LogP contribution in [0.1, 0.15) is 23.2 Å². The van der Waals surface area contributed by atoms with Gasteiger partial charge in [-0.3, -0.25) is 4.79 Å². The average Bonchev–Trinajstić information content (AvgIpc) is 3.34. The van der Waals surface area contributed by atoms with E-state index in [1.807, 2.05) is 62.9 Å². The highest BCUT2D eigenvalue weighted by molar-refractivity contribution is 9.10. The number of rotatable bonds is 3. The molecule has 0 N–H and O–H groups in total. The molecule has 1 saturated heterocycles. The smallest absolute Gasteiger partial charge is 0.259 e. The molecule has 1 aliphatic heterocycles. The van der Waals surface area contributed by atoms with Gasteiger partial charge in [-0.2, -0.15) is 5.10 Å². The van der Waals surface area contributed by atoms with E-state index in [-0.39, 0.29) is 5.91 Å². The molecule has 0 unspecified atom stereocenters. The topological polar surface area (TPSA) is 43.1 Å². The van der Waals surface area contributed by atoms with E-state index in [1.54, 1.807) is 6.20 Å². The lowest BCUT2D eigenvalue weighted by atomic mass is 10.2. The molecule has 0 saturated carbocycles. The molecule has 24 heavy (non-hydrogen) atoms. The van der Waals surface area contributed by atoms with Crippen molar-refractivity contribution in [3.63, 3.8) is 0 Å². The van der Waals surface area contributed by atoms with Gasteiger partial charge in [-0.1, -0.05) is 12.1 Å². The van der Waals surface area contributed by atoms with E-state index in [2.05, 4.69) is 21.0 Å². The van der Waals surface area contributed by atoms with Gasteiger partial charge in [-0.05, 0) is 53.0 Å². The number of hydrogen-bond donors (Lipinski definition) is 0. The highest BCUT2D eigenvalue weighted by atomic mass is 79.9. The minimum absolute atomic E-state index is 0.0505. The molecule has 1 aliphatic rings. The van der Waals surface area contributed by atoms with Crippen LogP contribution >= 0.6 is 15.9 Å². The number of nitrogens with zero attached hydrogens (tertiary/aromatic N) is 4. The first-order valence-electron chi connectivity index (χ1n) is 8.01. The third kappa shape index (κ3) is 2.57. The van der Waals surface area contributed by atoms with Gasteiger partial charge in [-0.15, -0.1) is 0 Å². The quantitative estimate of drug-likeness (QED) is 0.691. The molecule has 3 heterocycles. The Kier molecular flexibility index (Phi) is 3.98. The zero-order valence-electron chi connectivity index (χ0n) is 13.1. The lowest BCUT2D eigenvalue weighted by molar-refractivity contribution is 0.0793. The summed E-state index contributed by atoms with van der Waals surface area (Å²) in [7, 11) is 0.